The summed E-state index contributed by atoms with van der Waals surface area (Å²) < 4.78 is 12.5. The molecular weight excluding hydrogens is 492 g/mol. The number of phenolic OH excluding ortho intramolecular Hbond substituents is 1. The van der Waals surface area contributed by atoms with Gasteiger partial charge < -0.3 is 5.11 Å². The van der Waals surface area contributed by atoms with Crippen LogP contribution in [0.25, 0.3) is 17.2 Å². The molecule has 2 nitrogen and oxygen atoms in total. The maximum Gasteiger partial charge on any atom is 0.115 e. The molecular formula is C31H30Cl2FNO. The Morgan fingerprint density at radius 1 is 0.917 bits per heavy atom. The molecule has 0 spiro atoms. The van der Waals surface area contributed by atoms with Crippen LogP contribution >= 0.6 is 23.2 Å². The van der Waals surface area contributed by atoms with Gasteiger partial charge in [-0.15, -0.1) is 0 Å². The van der Waals surface area contributed by atoms with Gasteiger partial charge in [-0.3, -0.25) is 9.29 Å². The molecule has 5 rings (SSSR count). The minimum absolute atomic E-state index is 0.251. The molecule has 5 heteroatoms. The molecule has 1 N–H and O–H groups in total. The molecule has 1 fully saturated rings. The first-order valence-corrected chi connectivity index (χ1v) is 13.4. The van der Waals surface area contributed by atoms with E-state index in [-0.39, 0.29) is 6.67 Å². The second kappa shape index (κ2) is 11.2. The normalized spacial score (nSPS) is 17.5. The van der Waals surface area contributed by atoms with Crippen molar-refractivity contribution in [1.29, 1.82) is 0 Å². The number of hydrogen-bond acceptors (Lipinski definition) is 2. The third-order valence-electron chi connectivity index (χ3n) is 7.14. The Bertz CT molecular complexity index is 1310. The van der Waals surface area contributed by atoms with Crippen LogP contribution in [0.5, 0.6) is 5.75 Å². The van der Waals surface area contributed by atoms with Crippen LogP contribution in [0.3, 0.4) is 0 Å². The minimum Gasteiger partial charge on any atom is -0.508 e. The Morgan fingerprint density at radius 2 is 1.72 bits per heavy atom. The number of aryl methyl sites for hydroxylation is 1. The number of phenols is 1. The van der Waals surface area contributed by atoms with Crippen molar-refractivity contribution in [2.75, 3.05) is 26.3 Å². The number of aromatic hydroxyl groups is 1. The van der Waals surface area contributed by atoms with E-state index in [1.54, 1.807) is 12.1 Å². The fourth-order valence-corrected chi connectivity index (χ4v) is 5.95. The summed E-state index contributed by atoms with van der Waals surface area (Å²) in [4.78, 5) is 2.32. The highest BCUT2D eigenvalue weighted by Gasteiger charge is 2.22. The lowest BCUT2D eigenvalue weighted by molar-refractivity contribution is 0.317. The summed E-state index contributed by atoms with van der Waals surface area (Å²) >= 11 is 12.9. The first kappa shape index (κ1) is 25.1. The topological polar surface area (TPSA) is 23.5 Å². The Kier molecular flexibility index (Phi) is 7.81. The lowest BCUT2D eigenvalue weighted by atomic mass is 9.87. The van der Waals surface area contributed by atoms with Crippen molar-refractivity contribution >= 4 is 40.4 Å². The van der Waals surface area contributed by atoms with E-state index in [0.717, 1.165) is 73.1 Å². The number of alkyl halides is 1. The fraction of sp³-hybridized carbons (Fsp3) is 0.290. The molecule has 186 valence electrons. The summed E-state index contributed by atoms with van der Waals surface area (Å²) in [5.74, 6) is 0.292. The minimum atomic E-state index is -0.251. The smallest absolute Gasteiger partial charge is 0.115 e. The van der Waals surface area contributed by atoms with Gasteiger partial charge in [0.25, 0.3) is 0 Å². The van der Waals surface area contributed by atoms with Gasteiger partial charge in [0.2, 0.25) is 0 Å². The van der Waals surface area contributed by atoms with Crippen LogP contribution in [0.15, 0.2) is 66.2 Å². The Balaban J connectivity index is 1.54. The zero-order chi connectivity index (χ0) is 25.1. The summed E-state index contributed by atoms with van der Waals surface area (Å²) in [6.45, 7) is 2.50. The van der Waals surface area contributed by atoms with E-state index in [2.05, 4.69) is 35.2 Å². The van der Waals surface area contributed by atoms with Crippen molar-refractivity contribution in [3.05, 3.63) is 104 Å². The van der Waals surface area contributed by atoms with Crippen molar-refractivity contribution in [2.24, 2.45) is 0 Å². The second-order valence-electron chi connectivity index (χ2n) is 9.67. The molecule has 0 unspecified atom stereocenters. The number of nitrogens with zero attached hydrogens (tertiary/aromatic N) is 1. The van der Waals surface area contributed by atoms with Gasteiger partial charge in [0.15, 0.2) is 0 Å². The van der Waals surface area contributed by atoms with Crippen LogP contribution in [0.1, 0.15) is 53.5 Å². The van der Waals surface area contributed by atoms with E-state index in [9.17, 15) is 9.50 Å². The van der Waals surface area contributed by atoms with Crippen LogP contribution in [0.2, 0.25) is 10.0 Å². The van der Waals surface area contributed by atoms with Crippen molar-refractivity contribution < 1.29 is 9.50 Å². The van der Waals surface area contributed by atoms with Gasteiger partial charge in [-0.05, 0) is 95.3 Å². The van der Waals surface area contributed by atoms with Gasteiger partial charge in [0.1, 0.15) is 5.75 Å². The van der Waals surface area contributed by atoms with Crippen LogP contribution in [-0.2, 0) is 6.42 Å². The number of hydrogen-bond donors (Lipinski definition) is 1. The summed E-state index contributed by atoms with van der Waals surface area (Å²) in [7, 11) is 0. The molecule has 2 aliphatic rings. The van der Waals surface area contributed by atoms with Crippen molar-refractivity contribution in [1.82, 2.24) is 4.90 Å². The van der Waals surface area contributed by atoms with E-state index in [4.69, 9.17) is 23.2 Å². The van der Waals surface area contributed by atoms with Gasteiger partial charge >= 0.3 is 0 Å². The highest BCUT2D eigenvalue weighted by Crippen LogP contribution is 2.43. The number of fused-ring (bicyclic) bond motifs is 1. The molecule has 1 saturated heterocycles. The largest absolute Gasteiger partial charge is 0.508 e. The zero-order valence-electron chi connectivity index (χ0n) is 20.2. The third-order valence-corrected chi connectivity index (χ3v) is 7.69. The predicted molar refractivity (Wildman–Crippen MR) is 149 cm³/mol. The van der Waals surface area contributed by atoms with Gasteiger partial charge in [0.05, 0.1) is 6.67 Å². The first-order valence-electron chi connectivity index (χ1n) is 12.6. The van der Waals surface area contributed by atoms with Crippen LogP contribution < -0.4 is 0 Å². The Labute approximate surface area is 222 Å². The number of allylic oxidation sites excluding steroid dienone is 1. The molecule has 0 amide bonds. The monoisotopic (exact) mass is 521 g/mol. The summed E-state index contributed by atoms with van der Waals surface area (Å²) in [5.41, 5.74) is 9.34. The Morgan fingerprint density at radius 3 is 2.50 bits per heavy atom. The van der Waals surface area contributed by atoms with Crippen LogP contribution in [-0.4, -0.2) is 36.3 Å². The summed E-state index contributed by atoms with van der Waals surface area (Å²) in [6, 6.07) is 20.1. The lowest BCUT2D eigenvalue weighted by Gasteiger charge is -2.18. The van der Waals surface area contributed by atoms with Crippen LogP contribution in [0, 0.1) is 0 Å². The molecule has 1 aliphatic heterocycles. The SMILES string of the molecule is Oc1ccc2c(c1)CCCC(c1ccc(Cl)cc1Cl)=C2c1ccc(C=C2CCN(CCCF)C2)cc1. The van der Waals surface area contributed by atoms with Crippen molar-refractivity contribution in [3.63, 3.8) is 0 Å². The maximum absolute atomic E-state index is 12.5. The quantitative estimate of drug-likeness (QED) is 0.351. The van der Waals surface area contributed by atoms with Gasteiger partial charge in [-0.2, -0.15) is 0 Å². The third kappa shape index (κ3) is 5.54. The van der Waals surface area contributed by atoms with E-state index in [1.807, 2.05) is 24.3 Å². The maximum atomic E-state index is 12.5. The van der Waals surface area contributed by atoms with E-state index < -0.39 is 0 Å². The first-order chi connectivity index (χ1) is 17.5. The summed E-state index contributed by atoms with van der Waals surface area (Å²) in [5, 5.41) is 11.4. The van der Waals surface area contributed by atoms with Gasteiger partial charge in [-0.1, -0.05) is 71.2 Å². The molecule has 3 aromatic rings. The highest BCUT2D eigenvalue weighted by atomic mass is 35.5. The number of benzene rings is 3. The molecule has 36 heavy (non-hydrogen) atoms. The molecule has 0 aromatic heterocycles. The average molecular weight is 522 g/mol. The molecule has 1 heterocycles. The highest BCUT2D eigenvalue weighted by molar-refractivity contribution is 6.36. The van der Waals surface area contributed by atoms with E-state index in [1.165, 1.54) is 16.7 Å². The standard InChI is InChI=1S/C31H30Cl2FNO/c32-25-9-11-28(30(33)19-25)29-4-1-3-24-18-26(36)10-12-27(24)31(29)23-7-5-21(6-8-23)17-22-13-16-35(20-22)15-2-14-34/h5-12,17-19,36H,1-4,13-16,20H2. The Hall–Kier alpha value is -2.59. The fourth-order valence-electron chi connectivity index (χ4n) is 5.43. The average Bonchev–Trinajstić information content (AvgIpc) is 3.22. The van der Waals surface area contributed by atoms with Gasteiger partial charge in [-0.25, -0.2) is 0 Å². The van der Waals surface area contributed by atoms with Crippen molar-refractivity contribution in [3.8, 4) is 5.75 Å². The zero-order valence-corrected chi connectivity index (χ0v) is 21.8. The number of likely N-dealkylation sites (tertiary alicyclic amines) is 1. The van der Waals surface area contributed by atoms with Crippen LogP contribution in [0.4, 0.5) is 4.39 Å². The second-order valence-corrected chi connectivity index (χ2v) is 10.5. The molecule has 3 aromatic carbocycles. The molecule has 0 radical (unpaired) electrons. The van der Waals surface area contributed by atoms with E-state index >= 15 is 0 Å². The number of rotatable bonds is 6. The van der Waals surface area contributed by atoms with Crippen molar-refractivity contribution in [2.45, 2.75) is 32.1 Å². The lowest BCUT2D eigenvalue weighted by Crippen LogP contribution is -2.20. The summed E-state index contributed by atoms with van der Waals surface area (Å²) in [6.07, 6.45) is 6.66. The molecule has 0 atom stereocenters. The van der Waals surface area contributed by atoms with Gasteiger partial charge in [0, 0.05) is 29.7 Å². The molecule has 1 aliphatic carbocycles. The van der Waals surface area contributed by atoms with E-state index in [0.29, 0.717) is 22.2 Å². The molecule has 0 bridgehead atoms. The predicted octanol–water partition coefficient (Wildman–Crippen LogP) is 8.44. The number of halogens is 3. The molecule has 0 saturated carbocycles.